The van der Waals surface area contributed by atoms with E-state index in [1.807, 2.05) is 11.6 Å². The van der Waals surface area contributed by atoms with Crippen LogP contribution in [0.1, 0.15) is 6.42 Å². The Labute approximate surface area is 124 Å². The Morgan fingerprint density at radius 3 is 2.50 bits per heavy atom. The number of aromatic nitrogens is 1. The Morgan fingerprint density at radius 1 is 1.30 bits per heavy atom. The predicted molar refractivity (Wildman–Crippen MR) is 81.2 cm³/mol. The number of ether oxygens (including phenoxy) is 2. The molecule has 1 saturated heterocycles. The van der Waals surface area contributed by atoms with Crippen molar-refractivity contribution in [2.24, 2.45) is 5.73 Å². The SMILES string of the molecule is COC(CC(CN)N1CCN(c2nccs2)CC1)OC. The fourth-order valence-electron chi connectivity index (χ4n) is 2.56. The van der Waals surface area contributed by atoms with Gasteiger partial charge in [-0.1, -0.05) is 0 Å². The Morgan fingerprint density at radius 2 is 2.00 bits per heavy atom. The molecule has 0 saturated carbocycles. The standard InChI is InChI=1S/C13H24N4O2S/c1-18-12(19-2)9-11(10-14)16-4-6-17(7-5-16)13-15-3-8-20-13/h3,8,11-12H,4-7,9-10,14H2,1-2H3. The summed E-state index contributed by atoms with van der Waals surface area (Å²) >= 11 is 1.69. The van der Waals surface area contributed by atoms with Gasteiger partial charge in [0.2, 0.25) is 0 Å². The van der Waals surface area contributed by atoms with Crippen LogP contribution in [0.25, 0.3) is 0 Å². The maximum atomic E-state index is 5.91. The highest BCUT2D eigenvalue weighted by Crippen LogP contribution is 2.20. The summed E-state index contributed by atoms with van der Waals surface area (Å²) in [7, 11) is 3.34. The molecule has 0 radical (unpaired) electrons. The van der Waals surface area contributed by atoms with Crippen molar-refractivity contribution in [2.45, 2.75) is 18.8 Å². The molecule has 0 aliphatic carbocycles. The molecule has 20 heavy (non-hydrogen) atoms. The van der Waals surface area contributed by atoms with Crippen LogP contribution in [-0.4, -0.2) is 69.2 Å². The van der Waals surface area contributed by atoms with E-state index in [1.165, 1.54) is 0 Å². The summed E-state index contributed by atoms with van der Waals surface area (Å²) in [6.07, 6.45) is 2.48. The van der Waals surface area contributed by atoms with Gasteiger partial charge in [0.15, 0.2) is 11.4 Å². The second-order valence-corrected chi connectivity index (χ2v) is 5.74. The minimum absolute atomic E-state index is 0.180. The summed E-state index contributed by atoms with van der Waals surface area (Å²) in [5.41, 5.74) is 5.91. The van der Waals surface area contributed by atoms with E-state index in [-0.39, 0.29) is 6.29 Å². The number of methoxy groups -OCH3 is 2. The highest BCUT2D eigenvalue weighted by Gasteiger charge is 2.26. The summed E-state index contributed by atoms with van der Waals surface area (Å²) in [6.45, 7) is 4.62. The Kier molecular flexibility index (Phi) is 6.18. The van der Waals surface area contributed by atoms with Crippen LogP contribution < -0.4 is 10.6 Å². The number of piperazine rings is 1. The first-order valence-corrected chi connectivity index (χ1v) is 7.80. The molecule has 1 aliphatic rings. The zero-order valence-electron chi connectivity index (χ0n) is 12.2. The Bertz CT molecular complexity index is 364. The van der Waals surface area contributed by atoms with Crippen molar-refractivity contribution < 1.29 is 9.47 Å². The fraction of sp³-hybridized carbons (Fsp3) is 0.769. The second-order valence-electron chi connectivity index (χ2n) is 4.86. The van der Waals surface area contributed by atoms with Crippen LogP contribution in [0.5, 0.6) is 0 Å². The van der Waals surface area contributed by atoms with Gasteiger partial charge in [0, 0.05) is 71.0 Å². The molecule has 6 nitrogen and oxygen atoms in total. The van der Waals surface area contributed by atoms with E-state index in [4.69, 9.17) is 15.2 Å². The molecule has 0 aromatic carbocycles. The number of rotatable bonds is 7. The van der Waals surface area contributed by atoms with Crippen LogP contribution >= 0.6 is 11.3 Å². The van der Waals surface area contributed by atoms with Crippen LogP contribution in [0, 0.1) is 0 Å². The molecule has 0 amide bonds. The largest absolute Gasteiger partial charge is 0.356 e. The third-order valence-electron chi connectivity index (χ3n) is 3.78. The molecule has 0 bridgehead atoms. The van der Waals surface area contributed by atoms with E-state index in [9.17, 15) is 0 Å². The number of nitrogens with zero attached hydrogens (tertiary/aromatic N) is 3. The number of thiazole rings is 1. The van der Waals surface area contributed by atoms with Gasteiger partial charge in [0.25, 0.3) is 0 Å². The van der Waals surface area contributed by atoms with Crippen molar-refractivity contribution in [2.75, 3.05) is 51.8 Å². The fourth-order valence-corrected chi connectivity index (χ4v) is 3.25. The van der Waals surface area contributed by atoms with E-state index in [0.29, 0.717) is 12.6 Å². The van der Waals surface area contributed by atoms with E-state index < -0.39 is 0 Å². The molecular weight excluding hydrogens is 276 g/mol. The average molecular weight is 300 g/mol. The quantitative estimate of drug-likeness (QED) is 0.744. The van der Waals surface area contributed by atoms with E-state index in [2.05, 4.69) is 14.8 Å². The zero-order valence-corrected chi connectivity index (χ0v) is 13.0. The molecule has 114 valence electrons. The van der Waals surface area contributed by atoms with Crippen molar-refractivity contribution >= 4 is 16.5 Å². The average Bonchev–Trinajstić information content (AvgIpc) is 3.03. The lowest BCUT2D eigenvalue weighted by Crippen LogP contribution is -2.53. The van der Waals surface area contributed by atoms with Gasteiger partial charge in [0.1, 0.15) is 0 Å². The molecule has 1 unspecified atom stereocenters. The lowest BCUT2D eigenvalue weighted by Gasteiger charge is -2.39. The maximum Gasteiger partial charge on any atom is 0.185 e. The van der Waals surface area contributed by atoms with Crippen molar-refractivity contribution in [3.8, 4) is 0 Å². The van der Waals surface area contributed by atoms with Crippen molar-refractivity contribution in [3.63, 3.8) is 0 Å². The van der Waals surface area contributed by atoms with E-state index >= 15 is 0 Å². The smallest absolute Gasteiger partial charge is 0.185 e. The maximum absolute atomic E-state index is 5.91. The van der Waals surface area contributed by atoms with E-state index in [0.717, 1.165) is 37.7 Å². The van der Waals surface area contributed by atoms with Gasteiger partial charge < -0.3 is 20.1 Å². The summed E-state index contributed by atoms with van der Waals surface area (Å²) in [5, 5.41) is 3.13. The zero-order chi connectivity index (χ0) is 14.4. The van der Waals surface area contributed by atoms with Crippen LogP contribution in [0.4, 0.5) is 5.13 Å². The molecule has 1 aromatic rings. The third kappa shape index (κ3) is 3.89. The van der Waals surface area contributed by atoms with Crippen LogP contribution in [0.2, 0.25) is 0 Å². The highest BCUT2D eigenvalue weighted by atomic mass is 32.1. The lowest BCUT2D eigenvalue weighted by molar-refractivity contribution is -0.116. The number of nitrogens with two attached hydrogens (primary N) is 1. The van der Waals surface area contributed by atoms with Gasteiger partial charge in [-0.15, -0.1) is 11.3 Å². The first-order chi connectivity index (χ1) is 9.78. The highest BCUT2D eigenvalue weighted by molar-refractivity contribution is 7.13. The van der Waals surface area contributed by atoms with Crippen LogP contribution in [-0.2, 0) is 9.47 Å². The van der Waals surface area contributed by atoms with Crippen LogP contribution in [0.15, 0.2) is 11.6 Å². The number of hydrogen-bond donors (Lipinski definition) is 1. The molecule has 1 atom stereocenters. The number of hydrogen-bond acceptors (Lipinski definition) is 7. The van der Waals surface area contributed by atoms with Crippen molar-refractivity contribution in [3.05, 3.63) is 11.6 Å². The molecule has 0 spiro atoms. The topological polar surface area (TPSA) is 63.9 Å². The molecule has 1 fully saturated rings. The predicted octanol–water partition coefficient (Wildman–Crippen LogP) is 0.601. The molecular formula is C13H24N4O2S. The molecule has 2 heterocycles. The van der Waals surface area contributed by atoms with Gasteiger partial charge in [-0.05, 0) is 0 Å². The first-order valence-electron chi connectivity index (χ1n) is 6.92. The minimum atomic E-state index is -0.180. The van der Waals surface area contributed by atoms with Gasteiger partial charge in [-0.2, -0.15) is 0 Å². The summed E-state index contributed by atoms with van der Waals surface area (Å²) in [5.74, 6) is 0. The van der Waals surface area contributed by atoms with E-state index in [1.54, 1.807) is 25.6 Å². The second kappa shape index (κ2) is 7.90. The van der Waals surface area contributed by atoms with Gasteiger partial charge >= 0.3 is 0 Å². The first kappa shape index (κ1) is 15.7. The summed E-state index contributed by atoms with van der Waals surface area (Å²) in [4.78, 5) is 9.12. The minimum Gasteiger partial charge on any atom is -0.356 e. The molecule has 2 rings (SSSR count). The Hall–Kier alpha value is -0.730. The molecule has 7 heteroatoms. The lowest BCUT2D eigenvalue weighted by atomic mass is 10.1. The molecule has 2 N–H and O–H groups in total. The van der Waals surface area contributed by atoms with Gasteiger partial charge in [-0.3, -0.25) is 4.90 Å². The summed E-state index contributed by atoms with van der Waals surface area (Å²) in [6, 6.07) is 0.304. The normalized spacial score (nSPS) is 18.7. The third-order valence-corrected chi connectivity index (χ3v) is 4.62. The van der Waals surface area contributed by atoms with Crippen molar-refractivity contribution in [1.29, 1.82) is 0 Å². The van der Waals surface area contributed by atoms with Gasteiger partial charge in [-0.25, -0.2) is 4.98 Å². The van der Waals surface area contributed by atoms with Crippen molar-refractivity contribution in [1.82, 2.24) is 9.88 Å². The number of anilines is 1. The molecule has 1 aromatic heterocycles. The van der Waals surface area contributed by atoms with Crippen LogP contribution in [0.3, 0.4) is 0 Å². The summed E-state index contributed by atoms with van der Waals surface area (Å²) < 4.78 is 10.6. The molecule has 1 aliphatic heterocycles. The van der Waals surface area contributed by atoms with Gasteiger partial charge in [0.05, 0.1) is 0 Å². The monoisotopic (exact) mass is 300 g/mol. The Balaban J connectivity index is 1.84.